The Morgan fingerprint density at radius 3 is 2.76 bits per heavy atom. The lowest BCUT2D eigenvalue weighted by Crippen LogP contribution is -2.36. The van der Waals surface area contributed by atoms with Crippen LogP contribution in [0.3, 0.4) is 0 Å². The van der Waals surface area contributed by atoms with Gasteiger partial charge in [0.05, 0.1) is 18.9 Å². The number of allylic oxidation sites excluding steroid dienone is 1. The fourth-order valence-electron chi connectivity index (χ4n) is 3.90. The van der Waals surface area contributed by atoms with Gasteiger partial charge in [-0.25, -0.2) is 4.39 Å². The lowest BCUT2D eigenvalue weighted by Gasteiger charge is -2.29. The van der Waals surface area contributed by atoms with Gasteiger partial charge < -0.3 is 15.0 Å². The molecule has 1 fully saturated rings. The molecule has 29 heavy (non-hydrogen) atoms. The molecular weight excluding hydrogens is 371 g/mol. The second-order valence-electron chi connectivity index (χ2n) is 7.22. The molecule has 0 aliphatic carbocycles. The monoisotopic (exact) mass is 392 g/mol. The number of benzene rings is 2. The Bertz CT molecular complexity index is 1070. The predicted molar refractivity (Wildman–Crippen MR) is 108 cm³/mol. The van der Waals surface area contributed by atoms with E-state index in [1.54, 1.807) is 10.7 Å². The molecule has 1 N–H and O–H groups in total. The number of tetrazole rings is 1. The molecule has 0 radical (unpaired) electrons. The van der Waals surface area contributed by atoms with Crippen LogP contribution < -0.4 is 10.2 Å². The standard InChI is InChI=1S/C21H21FN6O/c1-14-4-2-3-5-16(14)20-13-18(23-21-24-25-26-28(20)21)15-6-7-19(17(22)12-15)27-8-10-29-11-9-27/h2-7,12-13,20H,8-11H2,1H3,(H,23,24,26)/t20-/m0/s1. The van der Waals surface area contributed by atoms with E-state index in [-0.39, 0.29) is 11.9 Å². The summed E-state index contributed by atoms with van der Waals surface area (Å²) in [4.78, 5) is 2.02. The molecule has 2 aliphatic rings. The number of fused-ring (bicyclic) bond motifs is 1. The maximum Gasteiger partial charge on any atom is 0.248 e. The molecule has 3 aromatic rings. The molecular formula is C21H21FN6O. The van der Waals surface area contributed by atoms with Crippen molar-refractivity contribution in [2.75, 3.05) is 36.5 Å². The Hall–Kier alpha value is -3.26. The third kappa shape index (κ3) is 3.25. The Morgan fingerprint density at radius 1 is 1.14 bits per heavy atom. The van der Waals surface area contributed by atoms with Crippen molar-refractivity contribution in [3.8, 4) is 0 Å². The van der Waals surface area contributed by atoms with Gasteiger partial charge in [0, 0.05) is 24.4 Å². The number of aromatic nitrogens is 4. The van der Waals surface area contributed by atoms with Gasteiger partial charge in [-0.2, -0.15) is 4.68 Å². The van der Waals surface area contributed by atoms with E-state index in [4.69, 9.17) is 4.74 Å². The van der Waals surface area contributed by atoms with Crippen molar-refractivity contribution >= 4 is 17.3 Å². The van der Waals surface area contributed by atoms with Crippen LogP contribution in [0.1, 0.15) is 22.7 Å². The summed E-state index contributed by atoms with van der Waals surface area (Å²) in [5, 5.41) is 15.2. The number of hydrogen-bond donors (Lipinski definition) is 1. The number of nitrogens with one attached hydrogen (secondary N) is 1. The zero-order valence-corrected chi connectivity index (χ0v) is 16.0. The number of anilines is 2. The fraction of sp³-hybridized carbons (Fsp3) is 0.286. The summed E-state index contributed by atoms with van der Waals surface area (Å²) in [5.74, 6) is 0.290. The van der Waals surface area contributed by atoms with Crippen molar-refractivity contribution in [1.29, 1.82) is 0 Å². The number of aryl methyl sites for hydroxylation is 1. The highest BCUT2D eigenvalue weighted by Gasteiger charge is 2.26. The Kier molecular flexibility index (Phi) is 4.48. The number of halogens is 1. The Morgan fingerprint density at radius 2 is 1.97 bits per heavy atom. The van der Waals surface area contributed by atoms with Gasteiger partial charge in [0.1, 0.15) is 11.9 Å². The predicted octanol–water partition coefficient (Wildman–Crippen LogP) is 3.01. The summed E-state index contributed by atoms with van der Waals surface area (Å²) in [6.07, 6.45) is 2.04. The summed E-state index contributed by atoms with van der Waals surface area (Å²) in [7, 11) is 0. The molecule has 8 heteroatoms. The summed E-state index contributed by atoms with van der Waals surface area (Å²) in [5.41, 5.74) is 4.39. The first-order valence-corrected chi connectivity index (χ1v) is 9.65. The van der Waals surface area contributed by atoms with Crippen LogP contribution >= 0.6 is 0 Å². The first-order valence-electron chi connectivity index (χ1n) is 9.65. The van der Waals surface area contributed by atoms with Gasteiger partial charge in [-0.05, 0) is 46.7 Å². The first-order chi connectivity index (χ1) is 14.2. The van der Waals surface area contributed by atoms with Gasteiger partial charge in [0.15, 0.2) is 0 Å². The number of nitrogens with zero attached hydrogens (tertiary/aromatic N) is 5. The smallest absolute Gasteiger partial charge is 0.248 e. The van der Waals surface area contributed by atoms with E-state index in [1.807, 2.05) is 35.2 Å². The van der Waals surface area contributed by atoms with Gasteiger partial charge in [0.25, 0.3) is 0 Å². The van der Waals surface area contributed by atoms with Crippen LogP contribution in [0.4, 0.5) is 16.0 Å². The quantitative estimate of drug-likeness (QED) is 0.739. The van der Waals surface area contributed by atoms with Crippen LogP contribution in [-0.4, -0.2) is 46.5 Å². The molecule has 2 aromatic carbocycles. The molecule has 1 atom stereocenters. The second kappa shape index (κ2) is 7.29. The van der Waals surface area contributed by atoms with Crippen LogP contribution in [0.2, 0.25) is 0 Å². The van der Waals surface area contributed by atoms with Gasteiger partial charge in [-0.15, -0.1) is 0 Å². The van der Waals surface area contributed by atoms with Crippen LogP contribution in [0.25, 0.3) is 5.70 Å². The van der Waals surface area contributed by atoms with Crippen molar-refractivity contribution in [1.82, 2.24) is 20.2 Å². The third-order valence-corrected chi connectivity index (χ3v) is 5.44. The van der Waals surface area contributed by atoms with Crippen molar-refractivity contribution < 1.29 is 9.13 Å². The van der Waals surface area contributed by atoms with Gasteiger partial charge in [-0.1, -0.05) is 35.4 Å². The second-order valence-corrected chi connectivity index (χ2v) is 7.22. The van der Waals surface area contributed by atoms with Crippen molar-refractivity contribution in [3.63, 3.8) is 0 Å². The molecule has 1 saturated heterocycles. The topological polar surface area (TPSA) is 68.1 Å². The van der Waals surface area contributed by atoms with Crippen LogP contribution in [0, 0.1) is 12.7 Å². The van der Waals surface area contributed by atoms with Crippen LogP contribution in [0.15, 0.2) is 48.5 Å². The molecule has 0 amide bonds. The van der Waals surface area contributed by atoms with Crippen molar-refractivity contribution in [2.45, 2.75) is 13.0 Å². The lowest BCUT2D eigenvalue weighted by molar-refractivity contribution is 0.122. The van der Waals surface area contributed by atoms with Crippen LogP contribution in [0.5, 0.6) is 0 Å². The molecule has 0 spiro atoms. The molecule has 0 unspecified atom stereocenters. The van der Waals surface area contributed by atoms with E-state index < -0.39 is 0 Å². The maximum absolute atomic E-state index is 14.9. The third-order valence-electron chi connectivity index (χ3n) is 5.44. The highest BCUT2D eigenvalue weighted by molar-refractivity contribution is 5.78. The first kappa shape index (κ1) is 17.8. The van der Waals surface area contributed by atoms with Crippen molar-refractivity contribution in [3.05, 3.63) is 71.0 Å². The normalized spacial score (nSPS) is 18.8. The SMILES string of the molecule is Cc1ccccc1[C@@H]1C=C(c2ccc(N3CCOCC3)c(F)c2)Nc2nnnn21. The van der Waals surface area contributed by atoms with E-state index in [9.17, 15) is 4.39 Å². The molecule has 0 bridgehead atoms. The van der Waals surface area contributed by atoms with Crippen molar-refractivity contribution in [2.24, 2.45) is 0 Å². The molecule has 7 nitrogen and oxygen atoms in total. The van der Waals surface area contributed by atoms with Gasteiger partial charge >= 0.3 is 0 Å². The summed E-state index contributed by atoms with van der Waals surface area (Å²) < 4.78 is 22.0. The Balaban J connectivity index is 1.52. The average Bonchev–Trinajstić information content (AvgIpc) is 3.23. The summed E-state index contributed by atoms with van der Waals surface area (Å²) in [6, 6.07) is 13.3. The summed E-state index contributed by atoms with van der Waals surface area (Å²) >= 11 is 0. The van der Waals surface area contributed by atoms with Gasteiger partial charge in [0.2, 0.25) is 5.95 Å². The largest absolute Gasteiger partial charge is 0.378 e. The van der Waals surface area contributed by atoms with Gasteiger partial charge in [-0.3, -0.25) is 0 Å². The minimum atomic E-state index is -0.246. The molecule has 1 aromatic heterocycles. The molecule has 5 rings (SSSR count). The molecule has 2 aliphatic heterocycles. The highest BCUT2D eigenvalue weighted by atomic mass is 19.1. The fourth-order valence-corrected chi connectivity index (χ4v) is 3.90. The maximum atomic E-state index is 14.9. The minimum absolute atomic E-state index is 0.167. The van der Waals surface area contributed by atoms with E-state index in [0.717, 1.165) is 22.4 Å². The lowest BCUT2D eigenvalue weighted by atomic mass is 9.98. The molecule has 148 valence electrons. The van der Waals surface area contributed by atoms with E-state index >= 15 is 0 Å². The minimum Gasteiger partial charge on any atom is -0.378 e. The molecule has 3 heterocycles. The number of ether oxygens (including phenoxy) is 1. The van der Waals surface area contributed by atoms with E-state index in [1.165, 1.54) is 0 Å². The van der Waals surface area contributed by atoms with E-state index in [2.05, 4.69) is 39.9 Å². The van der Waals surface area contributed by atoms with E-state index in [0.29, 0.717) is 37.9 Å². The highest BCUT2D eigenvalue weighted by Crippen LogP contribution is 2.34. The zero-order chi connectivity index (χ0) is 19.8. The Labute approximate surface area is 167 Å². The zero-order valence-electron chi connectivity index (χ0n) is 16.0. The summed E-state index contributed by atoms with van der Waals surface area (Å²) in [6.45, 7) is 4.69. The van der Waals surface area contributed by atoms with Crippen LogP contribution in [-0.2, 0) is 4.74 Å². The average molecular weight is 392 g/mol. The number of morpholine rings is 1. The molecule has 0 saturated carbocycles. The number of rotatable bonds is 3. The number of hydrogen-bond acceptors (Lipinski definition) is 6.